The van der Waals surface area contributed by atoms with Crippen LogP contribution in [0.1, 0.15) is 5.56 Å². The molecule has 0 amide bonds. The first-order valence-electron chi connectivity index (χ1n) is 4.15. The zero-order chi connectivity index (χ0) is 11.4. The first kappa shape index (κ1) is 11.5. The number of hydrogen-bond donors (Lipinski definition) is 3. The molecule has 0 saturated heterocycles. The van der Waals surface area contributed by atoms with Crippen molar-refractivity contribution in [1.29, 1.82) is 0 Å². The lowest BCUT2D eigenvalue weighted by molar-refractivity contribution is 0.159. The molecule has 1 aromatic carbocycles. The quantitative estimate of drug-likeness (QED) is 0.657. The highest BCUT2D eigenvalue weighted by molar-refractivity contribution is 5.51. The lowest BCUT2D eigenvalue weighted by Gasteiger charge is -2.12. The number of phenolic OH excluding ortho intramolecular Hbond substituents is 1. The van der Waals surface area contributed by atoms with Crippen LogP contribution in [0.25, 0.3) is 0 Å². The third-order valence-corrected chi connectivity index (χ3v) is 1.93. The minimum absolute atomic E-state index is 0.0941. The fraction of sp³-hybridized carbons (Fsp3) is 0.333. The van der Waals surface area contributed by atoms with Crippen molar-refractivity contribution in [3.05, 3.63) is 17.4 Å². The second-order valence-corrected chi connectivity index (χ2v) is 2.77. The lowest BCUT2D eigenvalue weighted by Crippen LogP contribution is -2.07. The maximum absolute atomic E-state index is 13.5. The van der Waals surface area contributed by atoms with Crippen LogP contribution in [0.3, 0.4) is 0 Å². The van der Waals surface area contributed by atoms with Crippen LogP contribution < -0.4 is 15.0 Å². The first-order chi connectivity index (χ1) is 7.15. The van der Waals surface area contributed by atoms with E-state index in [1.807, 2.05) is 5.48 Å². The van der Waals surface area contributed by atoms with Crippen molar-refractivity contribution >= 4 is 0 Å². The van der Waals surface area contributed by atoms with Gasteiger partial charge in [0.1, 0.15) is 0 Å². The van der Waals surface area contributed by atoms with Crippen molar-refractivity contribution in [2.75, 3.05) is 14.2 Å². The third kappa shape index (κ3) is 2.11. The molecule has 1 aromatic rings. The number of halogens is 1. The zero-order valence-corrected chi connectivity index (χ0v) is 8.37. The average Bonchev–Trinajstić information content (AvgIpc) is 2.24. The van der Waals surface area contributed by atoms with E-state index in [1.165, 1.54) is 20.3 Å². The predicted octanol–water partition coefficient (Wildman–Crippen LogP) is 1.03. The molecule has 0 unspecified atom stereocenters. The Balaban J connectivity index is 3.29. The maximum atomic E-state index is 13.5. The van der Waals surface area contributed by atoms with Crippen LogP contribution in [0.4, 0.5) is 4.39 Å². The second kappa shape index (κ2) is 4.81. The topological polar surface area (TPSA) is 71.0 Å². The van der Waals surface area contributed by atoms with Gasteiger partial charge in [-0.25, -0.2) is 5.48 Å². The zero-order valence-electron chi connectivity index (χ0n) is 8.37. The molecular weight excluding hydrogens is 205 g/mol. The van der Waals surface area contributed by atoms with E-state index < -0.39 is 11.6 Å². The number of phenols is 1. The fourth-order valence-corrected chi connectivity index (χ4v) is 1.21. The van der Waals surface area contributed by atoms with Crippen molar-refractivity contribution in [3.8, 4) is 17.2 Å². The van der Waals surface area contributed by atoms with E-state index in [1.54, 1.807) is 0 Å². The monoisotopic (exact) mass is 217 g/mol. The van der Waals surface area contributed by atoms with Gasteiger partial charge in [-0.15, -0.1) is 0 Å². The van der Waals surface area contributed by atoms with Crippen LogP contribution in [-0.2, 0) is 6.54 Å². The Kier molecular flexibility index (Phi) is 3.70. The molecule has 0 aromatic heterocycles. The molecule has 6 heteroatoms. The van der Waals surface area contributed by atoms with E-state index in [9.17, 15) is 9.50 Å². The van der Waals surface area contributed by atoms with Crippen LogP contribution in [0.2, 0.25) is 0 Å². The van der Waals surface area contributed by atoms with Crippen molar-refractivity contribution in [2.24, 2.45) is 0 Å². The molecule has 0 atom stereocenters. The van der Waals surface area contributed by atoms with Crippen molar-refractivity contribution < 1.29 is 24.2 Å². The third-order valence-electron chi connectivity index (χ3n) is 1.93. The van der Waals surface area contributed by atoms with E-state index in [2.05, 4.69) is 0 Å². The Hall–Kier alpha value is -1.53. The number of rotatable bonds is 4. The first-order valence-corrected chi connectivity index (χ1v) is 4.15. The summed E-state index contributed by atoms with van der Waals surface area (Å²) in [7, 11) is 2.62. The summed E-state index contributed by atoms with van der Waals surface area (Å²) >= 11 is 0. The number of methoxy groups -OCH3 is 2. The number of benzene rings is 1. The Labute approximate surface area is 86.0 Å². The predicted molar refractivity (Wildman–Crippen MR) is 49.8 cm³/mol. The molecule has 0 radical (unpaired) electrons. The molecular formula is C9H12FNO4. The van der Waals surface area contributed by atoms with Gasteiger partial charge in [0.05, 0.1) is 14.2 Å². The molecule has 3 N–H and O–H groups in total. The molecule has 15 heavy (non-hydrogen) atoms. The van der Waals surface area contributed by atoms with Gasteiger partial charge in [-0.3, -0.25) is 0 Å². The van der Waals surface area contributed by atoms with E-state index in [0.29, 0.717) is 0 Å². The number of hydroxylamine groups is 1. The molecule has 5 nitrogen and oxygen atoms in total. The molecule has 1 rings (SSSR count). The van der Waals surface area contributed by atoms with Gasteiger partial charge in [0.2, 0.25) is 11.6 Å². The van der Waals surface area contributed by atoms with Crippen LogP contribution in [-0.4, -0.2) is 24.5 Å². The van der Waals surface area contributed by atoms with Crippen LogP contribution in [0.15, 0.2) is 6.07 Å². The maximum Gasteiger partial charge on any atom is 0.210 e. The highest BCUT2D eigenvalue weighted by Crippen LogP contribution is 2.37. The van der Waals surface area contributed by atoms with Crippen LogP contribution in [0.5, 0.6) is 17.2 Å². The summed E-state index contributed by atoms with van der Waals surface area (Å²) in [6, 6.07) is 1.38. The summed E-state index contributed by atoms with van der Waals surface area (Å²) in [5, 5.41) is 17.9. The highest BCUT2D eigenvalue weighted by atomic mass is 19.1. The van der Waals surface area contributed by atoms with Gasteiger partial charge >= 0.3 is 0 Å². The molecule has 0 bridgehead atoms. The van der Waals surface area contributed by atoms with Crippen LogP contribution in [0, 0.1) is 5.82 Å². The van der Waals surface area contributed by atoms with Gasteiger partial charge in [0.15, 0.2) is 11.5 Å². The van der Waals surface area contributed by atoms with E-state index in [0.717, 1.165) is 0 Å². The Morgan fingerprint density at radius 2 is 2.07 bits per heavy atom. The summed E-state index contributed by atoms with van der Waals surface area (Å²) in [5.74, 6) is -1.51. The van der Waals surface area contributed by atoms with Gasteiger partial charge < -0.3 is 19.8 Å². The average molecular weight is 217 g/mol. The Morgan fingerprint density at radius 1 is 1.40 bits per heavy atom. The van der Waals surface area contributed by atoms with Crippen molar-refractivity contribution in [3.63, 3.8) is 0 Å². The second-order valence-electron chi connectivity index (χ2n) is 2.77. The molecule has 0 fully saturated rings. The number of aromatic hydroxyl groups is 1. The Morgan fingerprint density at radius 3 is 2.53 bits per heavy atom. The Bertz CT molecular complexity index is 356. The van der Waals surface area contributed by atoms with Crippen LogP contribution >= 0.6 is 0 Å². The summed E-state index contributed by atoms with van der Waals surface area (Å²) in [5.41, 5.74) is 1.99. The van der Waals surface area contributed by atoms with Gasteiger partial charge in [-0.2, -0.15) is 4.39 Å². The summed E-state index contributed by atoms with van der Waals surface area (Å²) in [6.07, 6.45) is 0. The van der Waals surface area contributed by atoms with E-state index in [4.69, 9.17) is 14.7 Å². The SMILES string of the molecule is COc1cc(CNO)c(O)c(F)c1OC. The smallest absolute Gasteiger partial charge is 0.210 e. The van der Waals surface area contributed by atoms with Gasteiger partial charge in [-0.1, -0.05) is 0 Å². The number of nitrogens with one attached hydrogen (secondary N) is 1. The lowest BCUT2D eigenvalue weighted by atomic mass is 10.1. The van der Waals surface area contributed by atoms with E-state index in [-0.39, 0.29) is 23.6 Å². The summed E-state index contributed by atoms with van der Waals surface area (Å²) < 4.78 is 23.1. The number of ether oxygens (including phenoxy) is 2. The van der Waals surface area contributed by atoms with Crippen molar-refractivity contribution in [2.45, 2.75) is 6.54 Å². The molecule has 0 aliphatic rings. The van der Waals surface area contributed by atoms with Gasteiger partial charge in [0.25, 0.3) is 0 Å². The molecule has 0 aliphatic heterocycles. The summed E-state index contributed by atoms with van der Waals surface area (Å²) in [4.78, 5) is 0. The molecule has 84 valence electrons. The fourth-order valence-electron chi connectivity index (χ4n) is 1.21. The largest absolute Gasteiger partial charge is 0.504 e. The molecule has 0 saturated carbocycles. The minimum atomic E-state index is -0.915. The number of hydrogen-bond acceptors (Lipinski definition) is 5. The standard InChI is InChI=1S/C9H12FNO4/c1-14-6-3-5(4-11-13)8(12)7(10)9(6)15-2/h3,11-13H,4H2,1-2H3. The molecule has 0 heterocycles. The van der Waals surface area contributed by atoms with Gasteiger partial charge in [-0.05, 0) is 6.07 Å². The van der Waals surface area contributed by atoms with Gasteiger partial charge in [0, 0.05) is 12.1 Å². The van der Waals surface area contributed by atoms with Crippen molar-refractivity contribution in [1.82, 2.24) is 5.48 Å². The molecule has 0 aliphatic carbocycles. The summed E-state index contributed by atoms with van der Waals surface area (Å²) in [6.45, 7) is -0.0941. The normalized spacial score (nSPS) is 10.1. The molecule has 0 spiro atoms. The van der Waals surface area contributed by atoms with E-state index >= 15 is 0 Å². The minimum Gasteiger partial charge on any atom is -0.504 e. The highest BCUT2D eigenvalue weighted by Gasteiger charge is 2.18.